The molecule has 0 aliphatic carbocycles. The summed E-state index contributed by atoms with van der Waals surface area (Å²) in [7, 11) is 0. The zero-order valence-electron chi connectivity index (χ0n) is 11.8. The van der Waals surface area contributed by atoms with Gasteiger partial charge < -0.3 is 5.32 Å². The highest BCUT2D eigenvalue weighted by Crippen LogP contribution is 2.39. The Morgan fingerprint density at radius 2 is 2.00 bits per heavy atom. The maximum atomic E-state index is 12.5. The van der Waals surface area contributed by atoms with E-state index in [-0.39, 0.29) is 12.1 Å². The Kier molecular flexibility index (Phi) is 2.93. The highest BCUT2D eigenvalue weighted by Gasteiger charge is 2.28. The zero-order chi connectivity index (χ0) is 14.3. The van der Waals surface area contributed by atoms with Gasteiger partial charge in [0.05, 0.1) is 5.69 Å². The molecule has 2 heterocycles. The molecule has 1 aromatic heterocycles. The molecule has 0 spiro atoms. The summed E-state index contributed by atoms with van der Waals surface area (Å²) in [6.07, 6.45) is 1.73. The number of amides is 2. The molecule has 0 radical (unpaired) electrons. The van der Waals surface area contributed by atoms with E-state index < -0.39 is 0 Å². The molecule has 1 aliphatic heterocycles. The summed E-state index contributed by atoms with van der Waals surface area (Å²) in [6.45, 7) is 6.02. The number of carbonyl (C=O) groups is 1. The van der Waals surface area contributed by atoms with Gasteiger partial charge in [-0.25, -0.2) is 9.78 Å². The maximum Gasteiger partial charge on any atom is 0.327 e. The molecule has 0 saturated carbocycles. The SMILES string of the molecule is Cc1cccc2c1-c1cccnc1N(C(C)C)C(=O)N2. The van der Waals surface area contributed by atoms with Crippen LogP contribution in [-0.2, 0) is 0 Å². The molecule has 102 valence electrons. The van der Waals surface area contributed by atoms with Crippen LogP contribution < -0.4 is 10.2 Å². The smallest absolute Gasteiger partial charge is 0.307 e. The van der Waals surface area contributed by atoms with Gasteiger partial charge in [0.25, 0.3) is 0 Å². The first-order valence-corrected chi connectivity index (χ1v) is 6.75. The summed E-state index contributed by atoms with van der Waals surface area (Å²) in [6, 6.07) is 9.76. The number of nitrogens with zero attached hydrogens (tertiary/aromatic N) is 2. The van der Waals surface area contributed by atoms with E-state index >= 15 is 0 Å². The van der Waals surface area contributed by atoms with Crippen molar-refractivity contribution in [2.75, 3.05) is 10.2 Å². The zero-order valence-corrected chi connectivity index (χ0v) is 11.8. The molecular formula is C16H17N3O. The van der Waals surface area contributed by atoms with Crippen molar-refractivity contribution in [3.8, 4) is 11.1 Å². The van der Waals surface area contributed by atoms with E-state index in [0.717, 1.165) is 22.4 Å². The number of rotatable bonds is 1. The number of aromatic nitrogens is 1. The molecule has 2 aromatic rings. The summed E-state index contributed by atoms with van der Waals surface area (Å²) >= 11 is 0. The van der Waals surface area contributed by atoms with Crippen LogP contribution >= 0.6 is 0 Å². The number of pyridine rings is 1. The minimum Gasteiger partial charge on any atom is -0.307 e. The van der Waals surface area contributed by atoms with Crippen LogP contribution in [0.15, 0.2) is 36.5 Å². The summed E-state index contributed by atoms with van der Waals surface area (Å²) in [4.78, 5) is 18.6. The maximum absolute atomic E-state index is 12.5. The van der Waals surface area contributed by atoms with E-state index in [1.165, 1.54) is 0 Å². The quantitative estimate of drug-likeness (QED) is 0.853. The first-order valence-electron chi connectivity index (χ1n) is 6.75. The monoisotopic (exact) mass is 267 g/mol. The normalized spacial score (nSPS) is 13.6. The van der Waals surface area contributed by atoms with Crippen LogP contribution in [0.5, 0.6) is 0 Å². The van der Waals surface area contributed by atoms with Gasteiger partial charge in [0.2, 0.25) is 0 Å². The van der Waals surface area contributed by atoms with Gasteiger partial charge in [-0.05, 0) is 44.5 Å². The average Bonchev–Trinajstić information content (AvgIpc) is 2.52. The second-order valence-corrected chi connectivity index (χ2v) is 5.27. The molecule has 3 rings (SSSR count). The molecule has 0 unspecified atom stereocenters. The molecule has 1 aromatic carbocycles. The predicted molar refractivity (Wildman–Crippen MR) is 81.0 cm³/mol. The second-order valence-electron chi connectivity index (χ2n) is 5.27. The molecule has 2 amide bonds. The van der Waals surface area contributed by atoms with Gasteiger partial charge in [0.15, 0.2) is 0 Å². The van der Waals surface area contributed by atoms with Crippen molar-refractivity contribution in [1.82, 2.24) is 4.98 Å². The van der Waals surface area contributed by atoms with Gasteiger partial charge in [-0.2, -0.15) is 0 Å². The van der Waals surface area contributed by atoms with Crippen molar-refractivity contribution in [2.45, 2.75) is 26.8 Å². The molecular weight excluding hydrogens is 250 g/mol. The number of aryl methyl sites for hydroxylation is 1. The number of hydrogen-bond acceptors (Lipinski definition) is 2. The minimum atomic E-state index is -0.135. The second kappa shape index (κ2) is 4.63. The average molecular weight is 267 g/mol. The van der Waals surface area contributed by atoms with Crippen LogP contribution in [-0.4, -0.2) is 17.1 Å². The van der Waals surface area contributed by atoms with Crippen molar-refractivity contribution in [3.63, 3.8) is 0 Å². The Balaban J connectivity index is 2.33. The molecule has 0 fully saturated rings. The highest BCUT2D eigenvalue weighted by molar-refractivity contribution is 6.09. The van der Waals surface area contributed by atoms with Gasteiger partial charge in [0, 0.05) is 23.4 Å². The molecule has 0 saturated heterocycles. The van der Waals surface area contributed by atoms with E-state index in [4.69, 9.17) is 0 Å². The van der Waals surface area contributed by atoms with Crippen LogP contribution in [0.4, 0.5) is 16.3 Å². The summed E-state index contributed by atoms with van der Waals surface area (Å²) < 4.78 is 0. The highest BCUT2D eigenvalue weighted by atomic mass is 16.2. The molecule has 0 atom stereocenters. The summed E-state index contributed by atoms with van der Waals surface area (Å²) in [5.74, 6) is 0.716. The van der Waals surface area contributed by atoms with Crippen molar-refractivity contribution in [2.24, 2.45) is 0 Å². The number of hydrogen-bond donors (Lipinski definition) is 1. The lowest BCUT2D eigenvalue weighted by atomic mass is 9.99. The number of benzene rings is 1. The third kappa shape index (κ3) is 1.84. The number of nitrogens with one attached hydrogen (secondary N) is 1. The molecule has 1 aliphatic rings. The first kappa shape index (κ1) is 12.7. The van der Waals surface area contributed by atoms with Crippen LogP contribution in [0.25, 0.3) is 11.1 Å². The summed E-state index contributed by atoms with van der Waals surface area (Å²) in [5.41, 5.74) is 4.01. The van der Waals surface area contributed by atoms with Crippen molar-refractivity contribution in [3.05, 3.63) is 42.1 Å². The Morgan fingerprint density at radius 1 is 1.20 bits per heavy atom. The Labute approximate surface area is 118 Å². The van der Waals surface area contributed by atoms with Gasteiger partial charge >= 0.3 is 6.03 Å². The molecule has 4 heteroatoms. The van der Waals surface area contributed by atoms with E-state index in [2.05, 4.69) is 10.3 Å². The Hall–Kier alpha value is -2.36. The number of anilines is 2. The Morgan fingerprint density at radius 3 is 2.75 bits per heavy atom. The predicted octanol–water partition coefficient (Wildman–Crippen LogP) is 3.82. The van der Waals surface area contributed by atoms with Crippen molar-refractivity contribution >= 4 is 17.5 Å². The fourth-order valence-corrected chi connectivity index (χ4v) is 2.66. The third-order valence-electron chi connectivity index (χ3n) is 3.53. The summed E-state index contributed by atoms with van der Waals surface area (Å²) in [5, 5.41) is 2.99. The number of urea groups is 1. The lowest BCUT2D eigenvalue weighted by molar-refractivity contribution is 0.255. The third-order valence-corrected chi connectivity index (χ3v) is 3.53. The molecule has 1 N–H and O–H groups in total. The topological polar surface area (TPSA) is 45.2 Å². The van der Waals surface area contributed by atoms with Crippen LogP contribution in [0.2, 0.25) is 0 Å². The van der Waals surface area contributed by atoms with Crippen LogP contribution in [0.3, 0.4) is 0 Å². The number of fused-ring (bicyclic) bond motifs is 3. The molecule has 4 nitrogen and oxygen atoms in total. The molecule has 20 heavy (non-hydrogen) atoms. The standard InChI is InChI=1S/C16H17N3O/c1-10(2)19-15-12(7-5-9-17-15)14-11(3)6-4-8-13(14)18-16(19)20/h4-10H,1-3H3,(H,18,20). The van der Waals surface area contributed by atoms with E-state index in [9.17, 15) is 4.79 Å². The van der Waals surface area contributed by atoms with E-state index in [0.29, 0.717) is 5.82 Å². The lowest BCUT2D eigenvalue weighted by Crippen LogP contribution is -2.40. The van der Waals surface area contributed by atoms with Gasteiger partial charge in [-0.3, -0.25) is 4.90 Å². The lowest BCUT2D eigenvalue weighted by Gasteiger charge is -2.25. The Bertz CT molecular complexity index is 679. The largest absolute Gasteiger partial charge is 0.327 e. The van der Waals surface area contributed by atoms with E-state index in [1.807, 2.05) is 51.1 Å². The number of carbonyl (C=O) groups excluding carboxylic acids is 1. The van der Waals surface area contributed by atoms with Crippen LogP contribution in [0, 0.1) is 6.92 Å². The first-order chi connectivity index (χ1) is 9.59. The van der Waals surface area contributed by atoms with Crippen molar-refractivity contribution < 1.29 is 4.79 Å². The fourth-order valence-electron chi connectivity index (χ4n) is 2.66. The van der Waals surface area contributed by atoms with E-state index in [1.54, 1.807) is 11.1 Å². The van der Waals surface area contributed by atoms with Crippen LogP contribution in [0.1, 0.15) is 19.4 Å². The van der Waals surface area contributed by atoms with Crippen molar-refractivity contribution in [1.29, 1.82) is 0 Å². The van der Waals surface area contributed by atoms with Gasteiger partial charge in [-0.1, -0.05) is 12.1 Å². The minimum absolute atomic E-state index is 0.0401. The molecule has 0 bridgehead atoms. The van der Waals surface area contributed by atoms with Gasteiger partial charge in [0.1, 0.15) is 5.82 Å². The fraction of sp³-hybridized carbons (Fsp3) is 0.250. The van der Waals surface area contributed by atoms with Gasteiger partial charge in [-0.15, -0.1) is 0 Å².